The maximum Gasteiger partial charge on any atom is -0.0184 e. The van der Waals surface area contributed by atoms with Crippen LogP contribution in [0.4, 0.5) is 0 Å². The standard InChI is InChI=1S/C14H14.C3H8.C2H4/c1-11-3-7-13(8-4-11)14-9-5-12(2)6-10-14;1-3-2;1-2/h3-10H,1-2H3;3H2,1-2H3;1-2H2. The average molecular weight is 254 g/mol. The molecule has 2 rings (SSSR count). The largest absolute Gasteiger partial charge is 0.106 e. The van der Waals surface area contributed by atoms with E-state index in [9.17, 15) is 0 Å². The van der Waals surface area contributed by atoms with Gasteiger partial charge in [-0.3, -0.25) is 0 Å². The Hall–Kier alpha value is -1.82. The smallest absolute Gasteiger partial charge is 0.0184 e. The van der Waals surface area contributed by atoms with Crippen LogP contribution in [0.25, 0.3) is 11.1 Å². The van der Waals surface area contributed by atoms with E-state index in [4.69, 9.17) is 0 Å². The van der Waals surface area contributed by atoms with Gasteiger partial charge in [0.2, 0.25) is 0 Å². The molecule has 0 saturated heterocycles. The molecule has 0 atom stereocenters. The molecular weight excluding hydrogens is 228 g/mol. The average Bonchev–Trinajstić information content (AvgIpc) is 2.44. The molecule has 0 spiro atoms. The minimum Gasteiger partial charge on any atom is -0.106 e. The predicted octanol–water partition coefficient (Wildman–Crippen LogP) is 6.19. The summed E-state index contributed by atoms with van der Waals surface area (Å²) in [5, 5.41) is 0. The van der Waals surface area contributed by atoms with Crippen molar-refractivity contribution >= 4 is 0 Å². The minimum atomic E-state index is 1.25. The van der Waals surface area contributed by atoms with Crippen LogP contribution < -0.4 is 0 Å². The van der Waals surface area contributed by atoms with Crippen molar-refractivity contribution in [3.63, 3.8) is 0 Å². The molecule has 0 aliphatic carbocycles. The van der Waals surface area contributed by atoms with Crippen LogP contribution in [0, 0.1) is 13.8 Å². The van der Waals surface area contributed by atoms with Gasteiger partial charge in [0.05, 0.1) is 0 Å². The molecule has 0 saturated carbocycles. The summed E-state index contributed by atoms with van der Waals surface area (Å²) in [6, 6.07) is 17.3. The SMILES string of the molecule is C=C.CCC.Cc1ccc(-c2ccc(C)cc2)cc1. The number of aryl methyl sites for hydroxylation is 2. The third kappa shape index (κ3) is 6.61. The summed E-state index contributed by atoms with van der Waals surface area (Å²) in [4.78, 5) is 0. The lowest BCUT2D eigenvalue weighted by molar-refractivity contribution is 1.09. The molecule has 0 heteroatoms. The summed E-state index contributed by atoms with van der Waals surface area (Å²) in [5.41, 5.74) is 5.19. The van der Waals surface area contributed by atoms with Crippen molar-refractivity contribution in [1.29, 1.82) is 0 Å². The second kappa shape index (κ2) is 10.1. The predicted molar refractivity (Wildman–Crippen MR) is 88.6 cm³/mol. The van der Waals surface area contributed by atoms with Gasteiger partial charge >= 0.3 is 0 Å². The molecule has 0 amide bonds. The number of hydrogen-bond donors (Lipinski definition) is 0. The molecule has 2 aromatic rings. The lowest BCUT2D eigenvalue weighted by atomic mass is 10.0. The van der Waals surface area contributed by atoms with Crippen molar-refractivity contribution in [3.05, 3.63) is 72.8 Å². The van der Waals surface area contributed by atoms with Gasteiger partial charge in [0.15, 0.2) is 0 Å². The third-order valence-corrected chi connectivity index (χ3v) is 2.44. The lowest BCUT2D eigenvalue weighted by Gasteiger charge is -2.02. The van der Waals surface area contributed by atoms with E-state index in [-0.39, 0.29) is 0 Å². The number of benzene rings is 2. The first-order valence-electron chi connectivity index (χ1n) is 6.81. The van der Waals surface area contributed by atoms with E-state index >= 15 is 0 Å². The van der Waals surface area contributed by atoms with Crippen LogP contribution in [-0.2, 0) is 0 Å². The van der Waals surface area contributed by atoms with Crippen LogP contribution >= 0.6 is 0 Å². The Morgan fingerprint density at radius 2 is 0.842 bits per heavy atom. The van der Waals surface area contributed by atoms with Crippen molar-refractivity contribution in [2.45, 2.75) is 34.1 Å². The van der Waals surface area contributed by atoms with Gasteiger partial charge < -0.3 is 0 Å². The Morgan fingerprint density at radius 3 is 1.05 bits per heavy atom. The Bertz CT molecular complexity index is 391. The number of hydrogen-bond acceptors (Lipinski definition) is 0. The van der Waals surface area contributed by atoms with Crippen molar-refractivity contribution < 1.29 is 0 Å². The molecule has 0 aliphatic heterocycles. The molecule has 0 aromatic heterocycles. The van der Waals surface area contributed by atoms with Crippen LogP contribution in [0.15, 0.2) is 61.7 Å². The first kappa shape index (κ1) is 17.2. The lowest BCUT2D eigenvalue weighted by Crippen LogP contribution is -1.78. The molecule has 0 N–H and O–H groups in total. The molecular formula is C19H26. The summed E-state index contributed by atoms with van der Waals surface area (Å²) in [7, 11) is 0. The summed E-state index contributed by atoms with van der Waals surface area (Å²) in [6.07, 6.45) is 1.25. The first-order chi connectivity index (χ1) is 9.17. The van der Waals surface area contributed by atoms with E-state index in [0.29, 0.717) is 0 Å². The van der Waals surface area contributed by atoms with E-state index in [1.165, 1.54) is 28.7 Å². The zero-order valence-corrected chi connectivity index (χ0v) is 12.7. The maximum absolute atomic E-state index is 3.00. The van der Waals surface area contributed by atoms with Gasteiger partial charge in [-0.25, -0.2) is 0 Å². The van der Waals surface area contributed by atoms with Crippen LogP contribution in [-0.4, -0.2) is 0 Å². The molecule has 0 radical (unpaired) electrons. The maximum atomic E-state index is 3.00. The topological polar surface area (TPSA) is 0 Å². The van der Waals surface area contributed by atoms with E-state index in [1.807, 2.05) is 0 Å². The van der Waals surface area contributed by atoms with E-state index in [2.05, 4.69) is 89.4 Å². The Labute approximate surface area is 118 Å². The summed E-state index contributed by atoms with van der Waals surface area (Å²) in [6.45, 7) is 14.5. The van der Waals surface area contributed by atoms with E-state index in [0.717, 1.165) is 0 Å². The highest BCUT2D eigenvalue weighted by molar-refractivity contribution is 5.63. The molecule has 0 fully saturated rings. The van der Waals surface area contributed by atoms with Crippen LogP contribution in [0.3, 0.4) is 0 Å². The fourth-order valence-electron chi connectivity index (χ4n) is 1.49. The minimum absolute atomic E-state index is 1.25. The third-order valence-electron chi connectivity index (χ3n) is 2.44. The molecule has 19 heavy (non-hydrogen) atoms. The van der Waals surface area contributed by atoms with Crippen LogP contribution in [0.5, 0.6) is 0 Å². The van der Waals surface area contributed by atoms with Gasteiger partial charge in [0.1, 0.15) is 0 Å². The second-order valence-electron chi connectivity index (χ2n) is 4.44. The quantitative estimate of drug-likeness (QED) is 0.532. The van der Waals surface area contributed by atoms with Gasteiger partial charge in [-0.15, -0.1) is 13.2 Å². The van der Waals surface area contributed by atoms with Gasteiger partial charge in [0, 0.05) is 0 Å². The highest BCUT2D eigenvalue weighted by Gasteiger charge is 1.95. The normalized spacial score (nSPS) is 8.63. The van der Waals surface area contributed by atoms with Crippen molar-refractivity contribution in [1.82, 2.24) is 0 Å². The van der Waals surface area contributed by atoms with Gasteiger partial charge in [-0.05, 0) is 25.0 Å². The fraction of sp³-hybridized carbons (Fsp3) is 0.263. The van der Waals surface area contributed by atoms with Crippen molar-refractivity contribution in [2.24, 2.45) is 0 Å². The van der Waals surface area contributed by atoms with E-state index < -0.39 is 0 Å². The number of rotatable bonds is 1. The summed E-state index contributed by atoms with van der Waals surface area (Å²) < 4.78 is 0. The molecule has 0 heterocycles. The fourth-order valence-corrected chi connectivity index (χ4v) is 1.49. The summed E-state index contributed by atoms with van der Waals surface area (Å²) in [5.74, 6) is 0. The van der Waals surface area contributed by atoms with Crippen molar-refractivity contribution in [2.75, 3.05) is 0 Å². The Morgan fingerprint density at radius 1 is 0.632 bits per heavy atom. The van der Waals surface area contributed by atoms with Crippen LogP contribution in [0.1, 0.15) is 31.4 Å². The van der Waals surface area contributed by atoms with Crippen LogP contribution in [0.2, 0.25) is 0 Å². The Kier molecular flexibility index (Phi) is 9.16. The molecule has 0 aliphatic rings. The zero-order valence-electron chi connectivity index (χ0n) is 12.7. The Balaban J connectivity index is 0.000000573. The van der Waals surface area contributed by atoms with E-state index in [1.54, 1.807) is 0 Å². The molecule has 0 unspecified atom stereocenters. The zero-order chi connectivity index (χ0) is 14.7. The van der Waals surface area contributed by atoms with Gasteiger partial charge in [-0.1, -0.05) is 79.9 Å². The molecule has 0 nitrogen and oxygen atoms in total. The molecule has 102 valence electrons. The van der Waals surface area contributed by atoms with Gasteiger partial charge in [-0.2, -0.15) is 0 Å². The van der Waals surface area contributed by atoms with Crippen molar-refractivity contribution in [3.8, 4) is 11.1 Å². The summed E-state index contributed by atoms with van der Waals surface area (Å²) >= 11 is 0. The van der Waals surface area contributed by atoms with Gasteiger partial charge in [0.25, 0.3) is 0 Å². The highest BCUT2D eigenvalue weighted by atomic mass is 14.0. The second-order valence-corrected chi connectivity index (χ2v) is 4.44. The first-order valence-corrected chi connectivity index (χ1v) is 6.81. The molecule has 2 aromatic carbocycles. The monoisotopic (exact) mass is 254 g/mol. The molecule has 0 bridgehead atoms. The highest BCUT2D eigenvalue weighted by Crippen LogP contribution is 2.19.